The Kier molecular flexibility index (Phi) is 3.93. The molecule has 15 heavy (non-hydrogen) atoms. The van der Waals surface area contributed by atoms with Crippen molar-refractivity contribution in [2.24, 2.45) is 0 Å². The molecule has 0 aromatic carbocycles. The van der Waals surface area contributed by atoms with E-state index in [1.54, 1.807) is 20.8 Å². The first kappa shape index (κ1) is 14.4. The number of carbonyl (C=O) groups excluding carboxylic acids is 1. The van der Waals surface area contributed by atoms with Crippen LogP contribution < -0.4 is 0 Å². The average molecular weight is 238 g/mol. The van der Waals surface area contributed by atoms with Crippen molar-refractivity contribution in [3.63, 3.8) is 0 Å². The maximum atomic E-state index is 11.5. The molecule has 5 nitrogen and oxygen atoms in total. The lowest BCUT2D eigenvalue weighted by molar-refractivity contribution is -0.170. The maximum absolute atomic E-state index is 11.5. The summed E-state index contributed by atoms with van der Waals surface area (Å²) >= 11 is 0. The Bertz CT molecular complexity index is 334. The van der Waals surface area contributed by atoms with Crippen molar-refractivity contribution in [2.45, 2.75) is 45.8 Å². The molecule has 0 rings (SSSR count). The fraction of sp³-hybridized carbons (Fsp3) is 0.889. The monoisotopic (exact) mass is 238 g/mol. The van der Waals surface area contributed by atoms with Crippen molar-refractivity contribution in [3.05, 3.63) is 0 Å². The van der Waals surface area contributed by atoms with Crippen LogP contribution in [-0.2, 0) is 23.8 Å². The molecule has 0 amide bonds. The molecule has 0 aromatic heterocycles. The molecule has 0 radical (unpaired) electrons. The van der Waals surface area contributed by atoms with Gasteiger partial charge < -0.3 is 4.74 Å². The van der Waals surface area contributed by atoms with E-state index in [1.165, 1.54) is 13.8 Å². The van der Waals surface area contributed by atoms with Crippen LogP contribution in [0.1, 0.15) is 34.6 Å². The zero-order valence-electron chi connectivity index (χ0n) is 9.95. The molecule has 6 heteroatoms. The first-order valence-electron chi connectivity index (χ1n) is 4.47. The summed E-state index contributed by atoms with van der Waals surface area (Å²) < 4.78 is 31.4. The van der Waals surface area contributed by atoms with E-state index in [-0.39, 0.29) is 0 Å². The van der Waals surface area contributed by atoms with E-state index < -0.39 is 27.3 Å². The molecule has 0 unspecified atom stereocenters. The zero-order valence-corrected chi connectivity index (χ0v) is 10.8. The van der Waals surface area contributed by atoms with Crippen LogP contribution >= 0.6 is 0 Å². The molecule has 0 atom stereocenters. The molecule has 0 aromatic rings. The molecule has 0 aliphatic carbocycles. The van der Waals surface area contributed by atoms with Gasteiger partial charge in [0.1, 0.15) is 5.60 Å². The van der Waals surface area contributed by atoms with Crippen LogP contribution in [-0.4, -0.2) is 31.8 Å². The summed E-state index contributed by atoms with van der Waals surface area (Å²) in [6.45, 7) is 7.79. The van der Waals surface area contributed by atoms with Crippen molar-refractivity contribution in [1.82, 2.24) is 0 Å². The van der Waals surface area contributed by atoms with Crippen LogP contribution in [0.2, 0.25) is 0 Å². The van der Waals surface area contributed by atoms with E-state index >= 15 is 0 Å². The van der Waals surface area contributed by atoms with Crippen LogP contribution in [0.3, 0.4) is 0 Å². The maximum Gasteiger partial charge on any atom is 0.339 e. The fourth-order valence-corrected chi connectivity index (χ4v) is 1.64. The van der Waals surface area contributed by atoms with Gasteiger partial charge in [0.15, 0.2) is 5.60 Å². The fourth-order valence-electron chi connectivity index (χ4n) is 0.813. The zero-order chi connectivity index (χ0) is 12.5. The van der Waals surface area contributed by atoms with Gasteiger partial charge in [-0.3, -0.25) is 4.18 Å². The third kappa shape index (κ3) is 6.46. The minimum atomic E-state index is -3.68. The summed E-state index contributed by atoms with van der Waals surface area (Å²) in [6, 6.07) is 0. The van der Waals surface area contributed by atoms with Crippen LogP contribution in [0.4, 0.5) is 0 Å². The minimum Gasteiger partial charge on any atom is -0.458 e. The third-order valence-electron chi connectivity index (χ3n) is 1.25. The predicted molar refractivity (Wildman–Crippen MR) is 55.9 cm³/mol. The minimum absolute atomic E-state index is 0.671. The average Bonchev–Trinajstić information content (AvgIpc) is 1.75. The second-order valence-electron chi connectivity index (χ2n) is 4.80. The van der Waals surface area contributed by atoms with Crippen LogP contribution in [0, 0.1) is 0 Å². The molecule has 0 N–H and O–H groups in total. The lowest BCUT2D eigenvalue weighted by Crippen LogP contribution is -2.42. The Balaban J connectivity index is 4.68. The van der Waals surface area contributed by atoms with Crippen molar-refractivity contribution < 1.29 is 22.1 Å². The largest absolute Gasteiger partial charge is 0.458 e. The molecule has 0 saturated heterocycles. The first-order chi connectivity index (χ1) is 6.33. The summed E-state index contributed by atoms with van der Waals surface area (Å²) in [5.41, 5.74) is -2.17. The molecular formula is C9H18O5S. The van der Waals surface area contributed by atoms with Gasteiger partial charge in [-0.25, -0.2) is 4.79 Å². The summed E-state index contributed by atoms with van der Waals surface area (Å²) in [5, 5.41) is 0. The van der Waals surface area contributed by atoms with Gasteiger partial charge in [0.25, 0.3) is 10.1 Å². The lowest BCUT2D eigenvalue weighted by atomic mass is 10.1. The highest BCUT2D eigenvalue weighted by molar-refractivity contribution is 7.86. The molecule has 90 valence electrons. The van der Waals surface area contributed by atoms with Gasteiger partial charge in [-0.2, -0.15) is 8.42 Å². The summed E-state index contributed by atoms with van der Waals surface area (Å²) in [5.74, 6) is -0.708. The normalized spacial score (nSPS) is 13.7. The Hall–Kier alpha value is -0.620. The Morgan fingerprint density at radius 1 is 1.07 bits per heavy atom. The van der Waals surface area contributed by atoms with Gasteiger partial charge in [-0.1, -0.05) is 0 Å². The second kappa shape index (κ2) is 4.09. The van der Waals surface area contributed by atoms with Crippen molar-refractivity contribution in [2.75, 3.05) is 6.26 Å². The van der Waals surface area contributed by atoms with Gasteiger partial charge in [0, 0.05) is 0 Å². The molecule has 0 heterocycles. The Labute approximate surface area is 90.9 Å². The SMILES string of the molecule is CC(C)(C)OC(=O)C(C)(C)OS(C)(=O)=O. The van der Waals surface area contributed by atoms with E-state index in [0.29, 0.717) is 0 Å². The highest BCUT2D eigenvalue weighted by atomic mass is 32.2. The molecule has 0 saturated carbocycles. The molecular weight excluding hydrogens is 220 g/mol. The second-order valence-corrected chi connectivity index (χ2v) is 6.37. The van der Waals surface area contributed by atoms with Crippen molar-refractivity contribution in [3.8, 4) is 0 Å². The molecule has 0 aliphatic rings. The van der Waals surface area contributed by atoms with E-state index in [4.69, 9.17) is 4.74 Å². The number of rotatable bonds is 3. The van der Waals surface area contributed by atoms with E-state index in [0.717, 1.165) is 6.26 Å². The number of hydrogen-bond donors (Lipinski definition) is 0. The molecule has 0 fully saturated rings. The standard InChI is InChI=1S/C9H18O5S/c1-8(2,3)13-7(10)9(4,5)14-15(6,11)12/h1-6H3. The number of hydrogen-bond acceptors (Lipinski definition) is 5. The quantitative estimate of drug-likeness (QED) is 0.543. The molecule has 0 bridgehead atoms. The first-order valence-corrected chi connectivity index (χ1v) is 6.29. The Morgan fingerprint density at radius 3 is 1.73 bits per heavy atom. The summed E-state index contributed by atoms with van der Waals surface area (Å²) in [4.78, 5) is 11.5. The highest BCUT2D eigenvalue weighted by Gasteiger charge is 2.36. The van der Waals surface area contributed by atoms with E-state index in [9.17, 15) is 13.2 Å². The smallest absolute Gasteiger partial charge is 0.339 e. The van der Waals surface area contributed by atoms with Crippen LogP contribution in [0.25, 0.3) is 0 Å². The lowest BCUT2D eigenvalue weighted by Gasteiger charge is -2.27. The van der Waals surface area contributed by atoms with Gasteiger partial charge in [0.2, 0.25) is 0 Å². The summed E-state index contributed by atoms with van der Waals surface area (Å²) in [6.07, 6.45) is 0.888. The number of ether oxygens (including phenoxy) is 1. The van der Waals surface area contributed by atoms with Crippen molar-refractivity contribution in [1.29, 1.82) is 0 Å². The number of esters is 1. The van der Waals surface area contributed by atoms with E-state index in [1.807, 2.05) is 0 Å². The van der Waals surface area contributed by atoms with Gasteiger partial charge in [-0.15, -0.1) is 0 Å². The third-order valence-corrected chi connectivity index (χ3v) is 1.97. The van der Waals surface area contributed by atoms with Gasteiger partial charge in [-0.05, 0) is 34.6 Å². The van der Waals surface area contributed by atoms with E-state index in [2.05, 4.69) is 4.18 Å². The Morgan fingerprint density at radius 2 is 1.47 bits per heavy atom. The predicted octanol–water partition coefficient (Wildman–Crippen LogP) is 1.08. The topological polar surface area (TPSA) is 69.7 Å². The highest BCUT2D eigenvalue weighted by Crippen LogP contribution is 2.18. The van der Waals surface area contributed by atoms with Gasteiger partial charge in [0.05, 0.1) is 6.26 Å². The van der Waals surface area contributed by atoms with Crippen molar-refractivity contribution >= 4 is 16.1 Å². The van der Waals surface area contributed by atoms with Crippen LogP contribution in [0.5, 0.6) is 0 Å². The number of carbonyl (C=O) groups is 1. The summed E-state index contributed by atoms with van der Waals surface area (Å²) in [7, 11) is -3.68. The van der Waals surface area contributed by atoms with Gasteiger partial charge >= 0.3 is 5.97 Å². The molecule has 0 aliphatic heterocycles. The van der Waals surface area contributed by atoms with Crippen LogP contribution in [0.15, 0.2) is 0 Å². The molecule has 0 spiro atoms.